The van der Waals surface area contributed by atoms with E-state index in [0.29, 0.717) is 23.1 Å². The third-order valence-corrected chi connectivity index (χ3v) is 5.65. The largest absolute Gasteiger partial charge is 0.497 e. The monoisotopic (exact) mass is 406 g/mol. The number of nitrogens with zero attached hydrogens (tertiary/aromatic N) is 1. The number of carbonyl (C=O) groups is 1. The number of piperidine rings is 1. The molecule has 1 aliphatic rings. The van der Waals surface area contributed by atoms with Crippen molar-refractivity contribution >= 4 is 29.1 Å². The molecule has 1 unspecified atom stereocenters. The van der Waals surface area contributed by atoms with Gasteiger partial charge in [-0.15, -0.1) is 0 Å². The minimum absolute atomic E-state index is 0.0155. The Bertz CT molecular complexity index is 760. The fraction of sp³-hybridized carbons (Fsp3) is 0.381. The molecule has 4 nitrogen and oxygen atoms in total. The number of carbonyl (C=O) groups excluding carboxylic acids is 1. The first-order valence-corrected chi connectivity index (χ1v) is 9.88. The maximum Gasteiger partial charge on any atom is 0.224 e. The fourth-order valence-electron chi connectivity index (χ4n) is 3.40. The van der Waals surface area contributed by atoms with Crippen molar-refractivity contribution < 1.29 is 9.53 Å². The van der Waals surface area contributed by atoms with E-state index in [1.54, 1.807) is 7.11 Å². The molecule has 144 valence electrons. The molecule has 2 aromatic carbocycles. The number of likely N-dealkylation sites (tertiary alicyclic amines) is 1. The van der Waals surface area contributed by atoms with Gasteiger partial charge in [0.15, 0.2) is 0 Å². The fourth-order valence-corrected chi connectivity index (χ4v) is 3.91. The zero-order chi connectivity index (χ0) is 19.2. The van der Waals surface area contributed by atoms with Gasteiger partial charge < -0.3 is 10.1 Å². The molecule has 1 heterocycles. The van der Waals surface area contributed by atoms with E-state index in [-0.39, 0.29) is 11.8 Å². The highest BCUT2D eigenvalue weighted by molar-refractivity contribution is 6.35. The number of benzene rings is 2. The van der Waals surface area contributed by atoms with Gasteiger partial charge in [0, 0.05) is 35.2 Å². The van der Waals surface area contributed by atoms with Crippen molar-refractivity contribution in [2.24, 2.45) is 5.92 Å². The van der Waals surface area contributed by atoms with Crippen LogP contribution in [-0.4, -0.2) is 31.0 Å². The summed E-state index contributed by atoms with van der Waals surface area (Å²) in [4.78, 5) is 14.9. The van der Waals surface area contributed by atoms with Crippen molar-refractivity contribution in [3.05, 3.63) is 63.6 Å². The van der Waals surface area contributed by atoms with Gasteiger partial charge in [-0.1, -0.05) is 41.4 Å². The van der Waals surface area contributed by atoms with Crippen molar-refractivity contribution in [1.82, 2.24) is 10.2 Å². The lowest BCUT2D eigenvalue weighted by atomic mass is 9.96. The summed E-state index contributed by atoms with van der Waals surface area (Å²) < 4.78 is 5.16. The molecular formula is C21H24Cl2N2O2. The second-order valence-electron chi connectivity index (χ2n) is 6.84. The van der Waals surface area contributed by atoms with Gasteiger partial charge in [0.2, 0.25) is 5.91 Å². The van der Waals surface area contributed by atoms with Gasteiger partial charge in [-0.25, -0.2) is 0 Å². The number of rotatable bonds is 6. The third kappa shape index (κ3) is 5.38. The number of hydrogen-bond acceptors (Lipinski definition) is 3. The zero-order valence-corrected chi connectivity index (χ0v) is 16.9. The molecule has 1 N–H and O–H groups in total. The number of methoxy groups -OCH3 is 1. The predicted octanol–water partition coefficient (Wildman–Crippen LogP) is 4.53. The molecule has 0 saturated carbocycles. The second-order valence-corrected chi connectivity index (χ2v) is 7.65. The molecular weight excluding hydrogens is 383 g/mol. The summed E-state index contributed by atoms with van der Waals surface area (Å²) in [5.74, 6) is 0.894. The highest BCUT2D eigenvalue weighted by atomic mass is 35.5. The van der Waals surface area contributed by atoms with Crippen LogP contribution >= 0.6 is 23.2 Å². The Morgan fingerprint density at radius 2 is 1.89 bits per heavy atom. The lowest BCUT2D eigenvalue weighted by Crippen LogP contribution is -2.42. The molecule has 3 rings (SSSR count). The van der Waals surface area contributed by atoms with Gasteiger partial charge in [0.25, 0.3) is 0 Å². The van der Waals surface area contributed by atoms with Crippen LogP contribution in [-0.2, 0) is 17.9 Å². The van der Waals surface area contributed by atoms with Gasteiger partial charge >= 0.3 is 0 Å². The first-order chi connectivity index (χ1) is 13.1. The maximum absolute atomic E-state index is 12.6. The second kappa shape index (κ2) is 9.45. The Labute approximate surface area is 170 Å². The summed E-state index contributed by atoms with van der Waals surface area (Å²) in [6.07, 6.45) is 1.89. The molecule has 27 heavy (non-hydrogen) atoms. The van der Waals surface area contributed by atoms with Crippen LogP contribution in [0.2, 0.25) is 10.0 Å². The van der Waals surface area contributed by atoms with Crippen molar-refractivity contribution in [1.29, 1.82) is 0 Å². The smallest absolute Gasteiger partial charge is 0.224 e. The highest BCUT2D eigenvalue weighted by Crippen LogP contribution is 2.27. The van der Waals surface area contributed by atoms with Crippen LogP contribution in [0.4, 0.5) is 0 Å². The molecule has 2 aromatic rings. The molecule has 0 aromatic heterocycles. The SMILES string of the molecule is COc1ccc(CNC(=O)C2CCCN(Cc3c(Cl)cccc3Cl)C2)cc1. The Hall–Kier alpha value is -1.75. The summed E-state index contributed by atoms with van der Waals surface area (Å²) in [6, 6.07) is 13.3. The Morgan fingerprint density at radius 1 is 1.19 bits per heavy atom. The predicted molar refractivity (Wildman–Crippen MR) is 109 cm³/mol. The third-order valence-electron chi connectivity index (χ3n) is 4.95. The van der Waals surface area contributed by atoms with E-state index >= 15 is 0 Å². The standard InChI is InChI=1S/C21H24Cl2N2O2/c1-27-17-9-7-15(8-10-17)12-24-21(26)16-4-3-11-25(13-16)14-18-19(22)5-2-6-20(18)23/h2,5-10,16H,3-4,11-14H2,1H3,(H,24,26). The van der Waals surface area contributed by atoms with Gasteiger partial charge in [-0.2, -0.15) is 0 Å². The summed E-state index contributed by atoms with van der Waals surface area (Å²) in [7, 11) is 1.64. The van der Waals surface area contributed by atoms with Gasteiger partial charge in [-0.05, 0) is 49.2 Å². The molecule has 1 amide bonds. The van der Waals surface area contributed by atoms with Crippen LogP contribution < -0.4 is 10.1 Å². The molecule has 0 radical (unpaired) electrons. The molecule has 0 aliphatic carbocycles. The van der Waals surface area contributed by atoms with Crippen molar-refractivity contribution in [2.75, 3.05) is 20.2 Å². The quantitative estimate of drug-likeness (QED) is 0.765. The van der Waals surface area contributed by atoms with Crippen molar-refractivity contribution in [3.8, 4) is 5.75 Å². The number of halogens is 2. The van der Waals surface area contributed by atoms with Crippen LogP contribution in [0.3, 0.4) is 0 Å². The van der Waals surface area contributed by atoms with Crippen LogP contribution in [0.25, 0.3) is 0 Å². The van der Waals surface area contributed by atoms with Gasteiger partial charge in [0.05, 0.1) is 13.0 Å². The highest BCUT2D eigenvalue weighted by Gasteiger charge is 2.26. The van der Waals surface area contributed by atoms with E-state index in [4.69, 9.17) is 27.9 Å². The average molecular weight is 407 g/mol. The van der Waals surface area contributed by atoms with Crippen LogP contribution in [0.1, 0.15) is 24.0 Å². The topological polar surface area (TPSA) is 41.6 Å². The van der Waals surface area contributed by atoms with E-state index < -0.39 is 0 Å². The first kappa shape index (κ1) is 20.0. The minimum atomic E-state index is -0.0155. The molecule has 0 spiro atoms. The number of nitrogens with one attached hydrogen (secondary N) is 1. The molecule has 1 atom stereocenters. The Balaban J connectivity index is 1.54. The molecule has 6 heteroatoms. The van der Waals surface area contributed by atoms with E-state index in [2.05, 4.69) is 10.2 Å². The number of hydrogen-bond donors (Lipinski definition) is 1. The van der Waals surface area contributed by atoms with Crippen LogP contribution in [0.5, 0.6) is 5.75 Å². The van der Waals surface area contributed by atoms with Crippen LogP contribution in [0.15, 0.2) is 42.5 Å². The molecule has 1 fully saturated rings. The molecule has 1 aliphatic heterocycles. The van der Waals surface area contributed by atoms with Crippen molar-refractivity contribution in [3.63, 3.8) is 0 Å². The molecule has 0 bridgehead atoms. The Kier molecular flexibility index (Phi) is 7.00. The zero-order valence-electron chi connectivity index (χ0n) is 15.4. The van der Waals surface area contributed by atoms with E-state index in [1.165, 1.54) is 0 Å². The van der Waals surface area contributed by atoms with E-state index in [9.17, 15) is 4.79 Å². The average Bonchev–Trinajstić information content (AvgIpc) is 2.69. The van der Waals surface area contributed by atoms with Gasteiger partial charge in [-0.3, -0.25) is 9.69 Å². The summed E-state index contributed by atoms with van der Waals surface area (Å²) in [5, 5.41) is 4.40. The summed E-state index contributed by atoms with van der Waals surface area (Å²) in [5.41, 5.74) is 1.99. The lowest BCUT2D eigenvalue weighted by Gasteiger charge is -2.32. The number of amides is 1. The first-order valence-electron chi connectivity index (χ1n) is 9.12. The molecule has 1 saturated heterocycles. The maximum atomic E-state index is 12.6. The normalized spacial score (nSPS) is 17.5. The minimum Gasteiger partial charge on any atom is -0.497 e. The Morgan fingerprint density at radius 3 is 2.56 bits per heavy atom. The summed E-state index contributed by atoms with van der Waals surface area (Å²) >= 11 is 12.6. The van der Waals surface area contributed by atoms with Gasteiger partial charge in [0.1, 0.15) is 5.75 Å². The van der Waals surface area contributed by atoms with E-state index in [1.807, 2.05) is 42.5 Å². The van der Waals surface area contributed by atoms with Crippen LogP contribution in [0, 0.1) is 5.92 Å². The lowest BCUT2D eigenvalue weighted by molar-refractivity contribution is -0.126. The van der Waals surface area contributed by atoms with Crippen molar-refractivity contribution in [2.45, 2.75) is 25.9 Å². The number of ether oxygens (including phenoxy) is 1. The van der Waals surface area contributed by atoms with E-state index in [0.717, 1.165) is 42.8 Å². The summed E-state index contributed by atoms with van der Waals surface area (Å²) in [6.45, 7) is 2.86.